The zero-order valence-electron chi connectivity index (χ0n) is 10.8. The summed E-state index contributed by atoms with van der Waals surface area (Å²) in [5.74, 6) is 2.24. The van der Waals surface area contributed by atoms with Gasteiger partial charge in [0, 0.05) is 12.1 Å². The van der Waals surface area contributed by atoms with E-state index in [0.29, 0.717) is 11.1 Å². The number of nitrogens with zero attached hydrogens (tertiary/aromatic N) is 1. The monoisotopic (exact) mass is 282 g/mol. The van der Waals surface area contributed by atoms with Crippen LogP contribution in [0.3, 0.4) is 0 Å². The molecule has 1 unspecified atom stereocenters. The molecule has 19 heavy (non-hydrogen) atoms. The van der Waals surface area contributed by atoms with Crippen LogP contribution in [0.5, 0.6) is 0 Å². The van der Waals surface area contributed by atoms with Crippen LogP contribution in [0, 0.1) is 36.3 Å². The Balaban J connectivity index is 3.42. The molecular weight excluding hydrogens is 268 g/mol. The van der Waals surface area contributed by atoms with Crippen molar-refractivity contribution in [2.45, 2.75) is 31.7 Å². The van der Waals surface area contributed by atoms with E-state index in [1.165, 1.54) is 13.0 Å². The summed E-state index contributed by atoms with van der Waals surface area (Å²) in [6.07, 6.45) is 5.12. The lowest BCUT2D eigenvalue weighted by Crippen LogP contribution is -2.32. The Bertz CT molecular complexity index is 659. The normalized spacial score (nSPS) is 12.7. The molecule has 1 aromatic rings. The standard InChI is InChI=1S/C12H14N2O4S/c1-5-9(3)13-19(17,18)12-7-11(14(15)16)6-8(2)10(12)4/h1,6-7,9,13H,2-4H3. The maximum absolute atomic E-state index is 12.1. The van der Waals surface area contributed by atoms with E-state index in [1.54, 1.807) is 13.8 Å². The lowest BCUT2D eigenvalue weighted by molar-refractivity contribution is -0.385. The van der Waals surface area contributed by atoms with Gasteiger partial charge in [-0.1, -0.05) is 5.92 Å². The molecule has 0 saturated carbocycles. The highest BCUT2D eigenvalue weighted by Crippen LogP contribution is 2.25. The molecule has 1 atom stereocenters. The van der Waals surface area contributed by atoms with E-state index >= 15 is 0 Å². The molecule has 0 saturated heterocycles. The van der Waals surface area contributed by atoms with Crippen molar-refractivity contribution in [1.29, 1.82) is 0 Å². The van der Waals surface area contributed by atoms with Gasteiger partial charge in [-0.25, -0.2) is 8.42 Å². The van der Waals surface area contributed by atoms with Gasteiger partial charge in [0.05, 0.1) is 15.9 Å². The van der Waals surface area contributed by atoms with Gasteiger partial charge in [-0.2, -0.15) is 4.72 Å². The number of aryl methyl sites for hydroxylation is 1. The summed E-state index contributed by atoms with van der Waals surface area (Å²) >= 11 is 0. The third-order valence-corrected chi connectivity index (χ3v) is 4.35. The maximum atomic E-state index is 12.1. The van der Waals surface area contributed by atoms with Crippen LogP contribution >= 0.6 is 0 Å². The van der Waals surface area contributed by atoms with E-state index < -0.39 is 21.0 Å². The Morgan fingerprint density at radius 1 is 1.42 bits per heavy atom. The lowest BCUT2D eigenvalue weighted by atomic mass is 10.1. The molecule has 0 fully saturated rings. The van der Waals surface area contributed by atoms with Crippen LogP contribution in [-0.2, 0) is 10.0 Å². The Morgan fingerprint density at radius 2 is 2.00 bits per heavy atom. The highest BCUT2D eigenvalue weighted by atomic mass is 32.2. The van der Waals surface area contributed by atoms with Crippen molar-refractivity contribution in [2.24, 2.45) is 0 Å². The van der Waals surface area contributed by atoms with E-state index in [0.717, 1.165) is 6.07 Å². The molecule has 0 aliphatic heterocycles. The van der Waals surface area contributed by atoms with Crippen molar-refractivity contribution < 1.29 is 13.3 Å². The molecular formula is C12H14N2O4S. The third kappa shape index (κ3) is 3.30. The van der Waals surface area contributed by atoms with Gasteiger partial charge in [-0.3, -0.25) is 10.1 Å². The molecule has 1 aromatic carbocycles. The second-order valence-corrected chi connectivity index (χ2v) is 5.83. The van der Waals surface area contributed by atoms with Gasteiger partial charge in [-0.15, -0.1) is 6.42 Å². The zero-order valence-corrected chi connectivity index (χ0v) is 11.6. The minimum absolute atomic E-state index is 0.124. The average molecular weight is 282 g/mol. The first-order valence-corrected chi connectivity index (χ1v) is 6.91. The van der Waals surface area contributed by atoms with Crippen LogP contribution < -0.4 is 4.72 Å². The van der Waals surface area contributed by atoms with Gasteiger partial charge in [0.2, 0.25) is 10.0 Å². The Morgan fingerprint density at radius 3 is 2.47 bits per heavy atom. The first kappa shape index (κ1) is 15.1. The van der Waals surface area contributed by atoms with Gasteiger partial charge < -0.3 is 0 Å². The van der Waals surface area contributed by atoms with Gasteiger partial charge in [-0.05, 0) is 31.9 Å². The SMILES string of the molecule is C#CC(C)NS(=O)(=O)c1cc([N+](=O)[O-])cc(C)c1C. The summed E-state index contributed by atoms with van der Waals surface area (Å²) < 4.78 is 26.5. The molecule has 0 aromatic heterocycles. The number of hydrogen-bond donors (Lipinski definition) is 1. The van der Waals surface area contributed by atoms with E-state index in [4.69, 9.17) is 6.42 Å². The lowest BCUT2D eigenvalue weighted by Gasteiger charge is -2.12. The molecule has 0 radical (unpaired) electrons. The van der Waals surface area contributed by atoms with Gasteiger partial charge >= 0.3 is 0 Å². The fraction of sp³-hybridized carbons (Fsp3) is 0.333. The van der Waals surface area contributed by atoms with Crippen LogP contribution in [0.1, 0.15) is 18.1 Å². The average Bonchev–Trinajstić information content (AvgIpc) is 2.31. The molecule has 1 N–H and O–H groups in total. The van der Waals surface area contributed by atoms with E-state index in [9.17, 15) is 18.5 Å². The fourth-order valence-corrected chi connectivity index (χ4v) is 3.02. The van der Waals surface area contributed by atoms with Crippen molar-refractivity contribution >= 4 is 15.7 Å². The van der Waals surface area contributed by atoms with Crippen molar-refractivity contribution in [3.63, 3.8) is 0 Å². The van der Waals surface area contributed by atoms with E-state index in [1.807, 2.05) is 0 Å². The number of non-ortho nitro benzene ring substituents is 1. The second-order valence-electron chi connectivity index (χ2n) is 4.15. The summed E-state index contributed by atoms with van der Waals surface area (Å²) in [5.41, 5.74) is 0.724. The minimum Gasteiger partial charge on any atom is -0.258 e. The van der Waals surface area contributed by atoms with Gasteiger partial charge in [0.15, 0.2) is 0 Å². The quantitative estimate of drug-likeness (QED) is 0.515. The van der Waals surface area contributed by atoms with Crippen LogP contribution in [-0.4, -0.2) is 19.4 Å². The van der Waals surface area contributed by atoms with Gasteiger partial charge in [0.25, 0.3) is 5.69 Å². The maximum Gasteiger partial charge on any atom is 0.271 e. The highest BCUT2D eigenvalue weighted by Gasteiger charge is 2.23. The first-order chi connectivity index (χ1) is 8.69. The summed E-state index contributed by atoms with van der Waals surface area (Å²) in [6, 6.07) is 1.68. The number of nitro benzene ring substituents is 1. The Labute approximate surface area is 112 Å². The number of sulfonamides is 1. The van der Waals surface area contributed by atoms with Crippen LogP contribution in [0.15, 0.2) is 17.0 Å². The summed E-state index contributed by atoms with van der Waals surface area (Å²) in [6.45, 7) is 4.72. The smallest absolute Gasteiger partial charge is 0.258 e. The molecule has 0 heterocycles. The molecule has 0 aliphatic rings. The molecule has 7 heteroatoms. The second kappa shape index (κ2) is 5.38. The molecule has 0 aliphatic carbocycles. The summed E-state index contributed by atoms with van der Waals surface area (Å²) in [7, 11) is -3.88. The number of hydrogen-bond acceptors (Lipinski definition) is 4. The first-order valence-electron chi connectivity index (χ1n) is 5.43. The van der Waals surface area contributed by atoms with Gasteiger partial charge in [0.1, 0.15) is 0 Å². The Hall–Kier alpha value is -1.91. The minimum atomic E-state index is -3.88. The van der Waals surface area contributed by atoms with E-state index in [2.05, 4.69) is 10.6 Å². The van der Waals surface area contributed by atoms with Crippen LogP contribution in [0.4, 0.5) is 5.69 Å². The largest absolute Gasteiger partial charge is 0.271 e. The highest BCUT2D eigenvalue weighted by molar-refractivity contribution is 7.89. The van der Waals surface area contributed by atoms with Crippen LogP contribution in [0.2, 0.25) is 0 Å². The number of nitrogens with one attached hydrogen (secondary N) is 1. The molecule has 102 valence electrons. The topological polar surface area (TPSA) is 89.3 Å². The molecule has 0 amide bonds. The molecule has 6 nitrogen and oxygen atoms in total. The predicted molar refractivity (Wildman–Crippen MR) is 71.2 cm³/mol. The van der Waals surface area contributed by atoms with Crippen molar-refractivity contribution in [2.75, 3.05) is 0 Å². The fourth-order valence-electron chi connectivity index (χ4n) is 1.52. The van der Waals surface area contributed by atoms with Crippen molar-refractivity contribution in [3.8, 4) is 12.3 Å². The van der Waals surface area contributed by atoms with E-state index in [-0.39, 0.29) is 10.6 Å². The molecule has 1 rings (SSSR count). The number of benzene rings is 1. The summed E-state index contributed by atoms with van der Waals surface area (Å²) in [4.78, 5) is 10.0. The predicted octanol–water partition coefficient (Wildman–Crippen LogP) is 1.51. The molecule has 0 spiro atoms. The number of terminal acetylenes is 1. The van der Waals surface area contributed by atoms with Crippen molar-refractivity contribution in [3.05, 3.63) is 33.4 Å². The third-order valence-electron chi connectivity index (χ3n) is 2.69. The number of nitro groups is 1. The van der Waals surface area contributed by atoms with Crippen LogP contribution in [0.25, 0.3) is 0 Å². The Kier molecular flexibility index (Phi) is 4.29. The zero-order chi connectivity index (χ0) is 14.8. The summed E-state index contributed by atoms with van der Waals surface area (Å²) in [5, 5.41) is 10.8. The van der Waals surface area contributed by atoms with Crippen molar-refractivity contribution in [1.82, 2.24) is 4.72 Å². The number of rotatable bonds is 4. The molecule has 0 bridgehead atoms.